The molecule has 0 saturated carbocycles. The maximum atomic E-state index is 12.8. The largest absolute Gasteiger partial charge is 0.496 e. The minimum Gasteiger partial charge on any atom is -0.496 e. The van der Waals surface area contributed by atoms with E-state index in [4.69, 9.17) is 4.74 Å². The fraction of sp³-hybridized carbons (Fsp3) is 0.333. The van der Waals surface area contributed by atoms with E-state index in [0.29, 0.717) is 19.6 Å². The molecule has 0 spiro atoms. The van der Waals surface area contributed by atoms with E-state index in [1.165, 1.54) is 16.5 Å². The number of ether oxygens (including phenoxy) is 1. The van der Waals surface area contributed by atoms with Crippen LogP contribution in [0.4, 0.5) is 0 Å². The molecular weight excluding hydrogens is 292 g/mol. The molecule has 0 aliphatic carbocycles. The zero-order valence-electron chi connectivity index (χ0n) is 13.2. The lowest BCUT2D eigenvalue weighted by Gasteiger charge is -2.33. The Morgan fingerprint density at radius 3 is 2.96 bits per heavy atom. The fourth-order valence-electron chi connectivity index (χ4n) is 3.22. The third-order valence-electron chi connectivity index (χ3n) is 4.42. The highest BCUT2D eigenvalue weighted by atomic mass is 16.5. The van der Waals surface area contributed by atoms with E-state index in [1.807, 2.05) is 29.2 Å². The van der Waals surface area contributed by atoms with Gasteiger partial charge in [-0.3, -0.25) is 9.59 Å². The molecule has 120 valence electrons. The van der Waals surface area contributed by atoms with Crippen molar-refractivity contribution >= 4 is 11.8 Å². The van der Waals surface area contributed by atoms with Crippen molar-refractivity contribution in [2.75, 3.05) is 20.2 Å². The van der Waals surface area contributed by atoms with Crippen LogP contribution in [0.5, 0.6) is 5.75 Å². The highest BCUT2D eigenvalue weighted by Gasteiger charge is 2.34. The minimum absolute atomic E-state index is 0.0394. The van der Waals surface area contributed by atoms with Crippen molar-refractivity contribution in [3.05, 3.63) is 54.1 Å². The Morgan fingerprint density at radius 1 is 1.39 bits per heavy atom. The van der Waals surface area contributed by atoms with Gasteiger partial charge in [-0.25, -0.2) is 0 Å². The number of hydrogen-bond acceptors (Lipinski definition) is 3. The highest BCUT2D eigenvalue weighted by Crippen LogP contribution is 2.28. The molecule has 0 bridgehead atoms. The SMILES string of the molecule is C=CC(=O)N1CC=C[C@H]1C(=O)N1CCc2c(cccc2OC)C1. The predicted molar refractivity (Wildman–Crippen MR) is 87.0 cm³/mol. The van der Waals surface area contributed by atoms with Crippen LogP contribution in [-0.2, 0) is 22.6 Å². The molecular formula is C18H20N2O3. The van der Waals surface area contributed by atoms with E-state index >= 15 is 0 Å². The molecule has 1 aromatic carbocycles. The number of methoxy groups -OCH3 is 1. The van der Waals surface area contributed by atoms with Crippen LogP contribution in [-0.4, -0.2) is 47.9 Å². The second-order valence-electron chi connectivity index (χ2n) is 5.68. The zero-order chi connectivity index (χ0) is 16.4. The number of fused-ring (bicyclic) bond motifs is 1. The first-order valence-corrected chi connectivity index (χ1v) is 7.69. The van der Waals surface area contributed by atoms with Crippen LogP contribution < -0.4 is 4.74 Å². The Hall–Kier alpha value is -2.56. The third kappa shape index (κ3) is 2.74. The van der Waals surface area contributed by atoms with Crippen LogP contribution >= 0.6 is 0 Å². The lowest BCUT2D eigenvalue weighted by Crippen LogP contribution is -2.48. The van der Waals surface area contributed by atoms with Crippen LogP contribution in [0.3, 0.4) is 0 Å². The van der Waals surface area contributed by atoms with Gasteiger partial charge >= 0.3 is 0 Å². The van der Waals surface area contributed by atoms with Gasteiger partial charge in [-0.1, -0.05) is 30.9 Å². The summed E-state index contributed by atoms with van der Waals surface area (Å²) in [7, 11) is 1.66. The normalized spacial score (nSPS) is 19.4. The maximum absolute atomic E-state index is 12.8. The molecule has 2 amide bonds. The van der Waals surface area contributed by atoms with Gasteiger partial charge in [0.25, 0.3) is 0 Å². The summed E-state index contributed by atoms with van der Waals surface area (Å²) < 4.78 is 5.39. The molecule has 5 heteroatoms. The highest BCUT2D eigenvalue weighted by molar-refractivity contribution is 5.94. The van der Waals surface area contributed by atoms with Gasteiger partial charge in [0, 0.05) is 25.2 Å². The number of carbonyl (C=O) groups is 2. The van der Waals surface area contributed by atoms with Gasteiger partial charge in [0.05, 0.1) is 7.11 Å². The summed E-state index contributed by atoms with van der Waals surface area (Å²) in [5.41, 5.74) is 2.27. The van der Waals surface area contributed by atoms with E-state index in [2.05, 4.69) is 6.58 Å². The summed E-state index contributed by atoms with van der Waals surface area (Å²) in [5.74, 6) is 0.619. The van der Waals surface area contributed by atoms with Crippen LogP contribution in [0.25, 0.3) is 0 Å². The van der Waals surface area contributed by atoms with Gasteiger partial charge < -0.3 is 14.5 Å². The Kier molecular flexibility index (Phi) is 4.19. The van der Waals surface area contributed by atoms with Crippen molar-refractivity contribution < 1.29 is 14.3 Å². The van der Waals surface area contributed by atoms with Gasteiger partial charge in [-0.15, -0.1) is 0 Å². The van der Waals surface area contributed by atoms with Gasteiger partial charge in [0.15, 0.2) is 0 Å². The molecule has 2 aliphatic heterocycles. The predicted octanol–water partition coefficient (Wildman–Crippen LogP) is 1.53. The topological polar surface area (TPSA) is 49.9 Å². The summed E-state index contributed by atoms with van der Waals surface area (Å²) in [5, 5.41) is 0. The van der Waals surface area contributed by atoms with Crippen molar-refractivity contribution in [1.82, 2.24) is 9.80 Å². The molecule has 23 heavy (non-hydrogen) atoms. The average Bonchev–Trinajstić information content (AvgIpc) is 3.08. The summed E-state index contributed by atoms with van der Waals surface area (Å²) in [6, 6.07) is 5.39. The smallest absolute Gasteiger partial charge is 0.249 e. The summed E-state index contributed by atoms with van der Waals surface area (Å²) >= 11 is 0. The second kappa shape index (κ2) is 6.28. The average molecular weight is 312 g/mol. The first-order chi connectivity index (χ1) is 11.2. The summed E-state index contributed by atoms with van der Waals surface area (Å²) in [4.78, 5) is 28.0. The molecule has 0 saturated heterocycles. The van der Waals surface area contributed by atoms with Crippen molar-refractivity contribution in [1.29, 1.82) is 0 Å². The molecule has 1 aromatic rings. The molecule has 2 aliphatic rings. The zero-order valence-corrected chi connectivity index (χ0v) is 13.2. The molecule has 0 aromatic heterocycles. The molecule has 0 fully saturated rings. The van der Waals surface area contributed by atoms with Crippen LogP contribution in [0.2, 0.25) is 0 Å². The number of hydrogen-bond donors (Lipinski definition) is 0. The molecule has 1 atom stereocenters. The number of amides is 2. The summed E-state index contributed by atoms with van der Waals surface area (Å²) in [6.45, 7) is 5.14. The summed E-state index contributed by atoms with van der Waals surface area (Å²) in [6.07, 6.45) is 5.66. The molecule has 2 heterocycles. The molecule has 0 unspecified atom stereocenters. The van der Waals surface area contributed by atoms with Gasteiger partial charge in [0.1, 0.15) is 11.8 Å². The quantitative estimate of drug-likeness (QED) is 0.628. The Balaban J connectivity index is 1.78. The molecule has 5 nitrogen and oxygen atoms in total. The van der Waals surface area contributed by atoms with Crippen molar-refractivity contribution in [3.8, 4) is 5.75 Å². The fourth-order valence-corrected chi connectivity index (χ4v) is 3.22. The van der Waals surface area contributed by atoms with Gasteiger partial charge in [-0.05, 0) is 24.1 Å². The lowest BCUT2D eigenvalue weighted by atomic mass is 9.98. The van der Waals surface area contributed by atoms with E-state index in [1.54, 1.807) is 13.2 Å². The van der Waals surface area contributed by atoms with Gasteiger partial charge in [-0.2, -0.15) is 0 Å². The van der Waals surface area contributed by atoms with E-state index in [0.717, 1.165) is 17.7 Å². The Labute approximate surface area is 135 Å². The van der Waals surface area contributed by atoms with E-state index in [9.17, 15) is 9.59 Å². The Morgan fingerprint density at radius 2 is 2.22 bits per heavy atom. The molecule has 0 radical (unpaired) electrons. The monoisotopic (exact) mass is 312 g/mol. The molecule has 3 rings (SSSR count). The van der Waals surface area contributed by atoms with Gasteiger partial charge in [0.2, 0.25) is 11.8 Å². The number of nitrogens with zero attached hydrogens (tertiary/aromatic N) is 2. The molecule has 0 N–H and O–H groups in total. The standard InChI is InChI=1S/C18H20N2O3/c1-3-17(21)20-10-5-7-15(20)18(22)19-11-9-14-13(12-19)6-4-8-16(14)23-2/h3-8,15H,1,9-12H2,2H3/t15-/m0/s1. The lowest BCUT2D eigenvalue weighted by molar-refractivity contribution is -0.141. The van der Waals surface area contributed by atoms with E-state index < -0.39 is 6.04 Å². The third-order valence-corrected chi connectivity index (χ3v) is 4.42. The van der Waals surface area contributed by atoms with Crippen molar-refractivity contribution in [2.24, 2.45) is 0 Å². The number of benzene rings is 1. The second-order valence-corrected chi connectivity index (χ2v) is 5.68. The first-order valence-electron chi connectivity index (χ1n) is 7.69. The minimum atomic E-state index is -0.521. The van der Waals surface area contributed by atoms with Crippen molar-refractivity contribution in [3.63, 3.8) is 0 Å². The van der Waals surface area contributed by atoms with Crippen molar-refractivity contribution in [2.45, 2.75) is 19.0 Å². The first kappa shape index (κ1) is 15.3. The number of carbonyl (C=O) groups excluding carboxylic acids is 2. The van der Waals surface area contributed by atoms with Crippen LogP contribution in [0.1, 0.15) is 11.1 Å². The van der Waals surface area contributed by atoms with Crippen LogP contribution in [0, 0.1) is 0 Å². The Bertz CT molecular complexity index is 681. The van der Waals surface area contributed by atoms with E-state index in [-0.39, 0.29) is 11.8 Å². The maximum Gasteiger partial charge on any atom is 0.249 e. The number of rotatable bonds is 3. The van der Waals surface area contributed by atoms with Crippen LogP contribution in [0.15, 0.2) is 43.0 Å².